The number of fused-ring (bicyclic) bond motifs is 1. The average molecular weight is 340 g/mol. The topological polar surface area (TPSA) is 62.1 Å². The number of nitrogens with zero attached hydrogens (tertiary/aromatic N) is 1. The van der Waals surface area contributed by atoms with Crippen molar-refractivity contribution in [3.8, 4) is 16.5 Å². The van der Waals surface area contributed by atoms with Crippen molar-refractivity contribution in [3.05, 3.63) is 40.3 Å². The van der Waals surface area contributed by atoms with Gasteiger partial charge in [0.15, 0.2) is 0 Å². The van der Waals surface area contributed by atoms with E-state index in [1.807, 2.05) is 32.0 Å². The number of aryl methyl sites for hydroxylation is 1. The fraction of sp³-hybridized carbons (Fsp3) is 0.368. The number of hydrogen-bond acceptors (Lipinski definition) is 4. The molecule has 1 N–H and O–H groups in total. The van der Waals surface area contributed by atoms with E-state index < -0.39 is 11.7 Å². The average Bonchev–Trinajstić information content (AvgIpc) is 2.95. The third kappa shape index (κ3) is 3.02. The van der Waals surface area contributed by atoms with Crippen molar-refractivity contribution in [2.45, 2.75) is 45.6 Å². The molecule has 0 saturated heterocycles. The van der Waals surface area contributed by atoms with E-state index in [1.165, 1.54) is 16.9 Å². The third-order valence-electron chi connectivity index (χ3n) is 4.23. The molecule has 5 heteroatoms. The summed E-state index contributed by atoms with van der Waals surface area (Å²) in [7, 11) is 0. The first-order chi connectivity index (χ1) is 11.4. The van der Waals surface area contributed by atoms with Crippen LogP contribution in [0.3, 0.4) is 0 Å². The Labute approximate surface area is 146 Å². The Hall–Kier alpha value is -2.32. The lowest BCUT2D eigenvalue weighted by molar-refractivity contribution is 0.0421. The zero-order valence-electron chi connectivity index (χ0n) is 14.1. The SMILES string of the molecule is CCCCc1cc(C#N)sc1-c1ccc2c(c1)C(C)(C)OC(=O)N2. The highest BCUT2D eigenvalue weighted by molar-refractivity contribution is 7.16. The van der Waals surface area contributed by atoms with Gasteiger partial charge in [-0.2, -0.15) is 5.26 Å². The van der Waals surface area contributed by atoms with Gasteiger partial charge in [0.1, 0.15) is 16.5 Å². The molecule has 0 saturated carbocycles. The quantitative estimate of drug-likeness (QED) is 0.807. The van der Waals surface area contributed by atoms with Gasteiger partial charge in [0.2, 0.25) is 0 Å². The van der Waals surface area contributed by atoms with Crippen LogP contribution < -0.4 is 5.32 Å². The smallest absolute Gasteiger partial charge is 0.412 e. The molecule has 0 bridgehead atoms. The highest BCUT2D eigenvalue weighted by Crippen LogP contribution is 2.40. The lowest BCUT2D eigenvalue weighted by Crippen LogP contribution is -2.34. The Morgan fingerprint density at radius 3 is 2.83 bits per heavy atom. The van der Waals surface area contributed by atoms with Gasteiger partial charge in [-0.3, -0.25) is 5.32 Å². The molecule has 3 rings (SSSR count). The Morgan fingerprint density at radius 1 is 1.33 bits per heavy atom. The highest BCUT2D eigenvalue weighted by atomic mass is 32.1. The number of carbonyl (C=O) groups is 1. The maximum atomic E-state index is 11.6. The molecule has 0 unspecified atom stereocenters. The summed E-state index contributed by atoms with van der Waals surface area (Å²) in [6.07, 6.45) is 2.77. The molecule has 4 nitrogen and oxygen atoms in total. The maximum Gasteiger partial charge on any atom is 0.412 e. The fourth-order valence-electron chi connectivity index (χ4n) is 3.00. The van der Waals surface area contributed by atoms with Crippen LogP contribution in [0.2, 0.25) is 0 Å². The van der Waals surface area contributed by atoms with Gasteiger partial charge in [-0.15, -0.1) is 11.3 Å². The Balaban J connectivity index is 2.07. The molecular weight excluding hydrogens is 320 g/mol. The largest absolute Gasteiger partial charge is 0.438 e. The number of nitrogens with one attached hydrogen (secondary N) is 1. The Bertz CT molecular complexity index is 830. The molecule has 124 valence electrons. The standard InChI is InChI=1S/C19H20N2O2S/c1-4-5-6-12-9-14(11-20)24-17(12)13-7-8-16-15(10-13)19(2,3)23-18(22)21-16/h7-10H,4-6H2,1-3H3,(H,21,22). The summed E-state index contributed by atoms with van der Waals surface area (Å²) in [6, 6.07) is 10.2. The van der Waals surface area contributed by atoms with Crippen molar-refractivity contribution in [1.82, 2.24) is 0 Å². The van der Waals surface area contributed by atoms with Crippen LogP contribution in [0.5, 0.6) is 0 Å². The number of cyclic esters (lactones) is 1. The summed E-state index contributed by atoms with van der Waals surface area (Å²) in [5, 5.41) is 12.0. The molecule has 0 spiro atoms. The minimum atomic E-state index is -0.674. The monoisotopic (exact) mass is 340 g/mol. The van der Waals surface area contributed by atoms with E-state index in [4.69, 9.17) is 4.74 Å². The van der Waals surface area contributed by atoms with Gasteiger partial charge in [0.25, 0.3) is 0 Å². The number of ether oxygens (including phenoxy) is 1. The summed E-state index contributed by atoms with van der Waals surface area (Å²) >= 11 is 1.53. The number of carbonyl (C=O) groups excluding carboxylic acids is 1. The lowest BCUT2D eigenvalue weighted by atomic mass is 9.92. The molecular formula is C19H20N2O2S. The van der Waals surface area contributed by atoms with Crippen molar-refractivity contribution >= 4 is 23.1 Å². The summed E-state index contributed by atoms with van der Waals surface area (Å²) in [5.74, 6) is 0. The number of amides is 1. The van der Waals surface area contributed by atoms with E-state index in [0.717, 1.165) is 45.8 Å². The van der Waals surface area contributed by atoms with Crippen LogP contribution in [0, 0.1) is 11.3 Å². The van der Waals surface area contributed by atoms with Crippen LogP contribution >= 0.6 is 11.3 Å². The van der Waals surface area contributed by atoms with Gasteiger partial charge >= 0.3 is 6.09 Å². The minimum Gasteiger partial charge on any atom is -0.438 e. The van der Waals surface area contributed by atoms with E-state index in [0.29, 0.717) is 0 Å². The lowest BCUT2D eigenvalue weighted by Gasteiger charge is -2.32. The van der Waals surface area contributed by atoms with E-state index in [1.54, 1.807) is 0 Å². The first kappa shape index (κ1) is 16.5. The van der Waals surface area contributed by atoms with Crippen molar-refractivity contribution < 1.29 is 9.53 Å². The molecule has 1 aromatic carbocycles. The van der Waals surface area contributed by atoms with Crippen molar-refractivity contribution in [2.75, 3.05) is 5.32 Å². The molecule has 0 atom stereocenters. The van der Waals surface area contributed by atoms with Gasteiger partial charge in [-0.25, -0.2) is 4.79 Å². The predicted octanol–water partition coefficient (Wildman–Crippen LogP) is 5.43. The molecule has 1 aliphatic heterocycles. The first-order valence-corrected chi connectivity index (χ1v) is 8.94. The number of rotatable bonds is 4. The van der Waals surface area contributed by atoms with Crippen LogP contribution in [0.1, 0.15) is 49.6 Å². The number of unbranched alkanes of at least 4 members (excludes halogenated alkanes) is 1. The molecule has 1 aromatic heterocycles. The van der Waals surface area contributed by atoms with Gasteiger partial charge in [-0.05, 0) is 56.0 Å². The van der Waals surface area contributed by atoms with Crippen molar-refractivity contribution in [1.29, 1.82) is 5.26 Å². The van der Waals surface area contributed by atoms with E-state index >= 15 is 0 Å². The number of hydrogen-bond donors (Lipinski definition) is 1. The fourth-order valence-corrected chi connectivity index (χ4v) is 4.00. The van der Waals surface area contributed by atoms with Crippen molar-refractivity contribution in [2.24, 2.45) is 0 Å². The van der Waals surface area contributed by atoms with Gasteiger partial charge in [-0.1, -0.05) is 19.4 Å². The van der Waals surface area contributed by atoms with E-state index in [2.05, 4.69) is 24.4 Å². The molecule has 1 aliphatic rings. The minimum absolute atomic E-state index is 0.424. The number of benzene rings is 1. The molecule has 1 amide bonds. The molecule has 0 aliphatic carbocycles. The summed E-state index contributed by atoms with van der Waals surface area (Å²) in [4.78, 5) is 13.5. The molecule has 2 aromatic rings. The van der Waals surface area contributed by atoms with Crippen molar-refractivity contribution in [3.63, 3.8) is 0 Å². The second-order valence-electron chi connectivity index (χ2n) is 6.47. The van der Waals surface area contributed by atoms with Crippen LogP contribution in [0.25, 0.3) is 10.4 Å². The van der Waals surface area contributed by atoms with Crippen LogP contribution in [-0.2, 0) is 16.8 Å². The first-order valence-electron chi connectivity index (χ1n) is 8.12. The Morgan fingerprint density at radius 2 is 2.12 bits per heavy atom. The Kier molecular flexibility index (Phi) is 4.33. The number of thiophene rings is 1. The predicted molar refractivity (Wildman–Crippen MR) is 96.2 cm³/mol. The van der Waals surface area contributed by atoms with Crippen LogP contribution in [0.15, 0.2) is 24.3 Å². The molecule has 0 radical (unpaired) electrons. The zero-order valence-corrected chi connectivity index (χ0v) is 14.9. The van der Waals surface area contributed by atoms with E-state index in [9.17, 15) is 10.1 Å². The second-order valence-corrected chi connectivity index (χ2v) is 7.52. The second kappa shape index (κ2) is 6.29. The van der Waals surface area contributed by atoms with Gasteiger partial charge < -0.3 is 4.74 Å². The maximum absolute atomic E-state index is 11.6. The van der Waals surface area contributed by atoms with Crippen LogP contribution in [-0.4, -0.2) is 6.09 Å². The summed E-state index contributed by atoms with van der Waals surface area (Å²) < 4.78 is 5.41. The van der Waals surface area contributed by atoms with Gasteiger partial charge in [0, 0.05) is 10.4 Å². The summed E-state index contributed by atoms with van der Waals surface area (Å²) in [5.41, 5.74) is 3.35. The van der Waals surface area contributed by atoms with E-state index in [-0.39, 0.29) is 0 Å². The summed E-state index contributed by atoms with van der Waals surface area (Å²) in [6.45, 7) is 5.95. The molecule has 24 heavy (non-hydrogen) atoms. The molecule has 2 heterocycles. The third-order valence-corrected chi connectivity index (χ3v) is 5.36. The number of nitriles is 1. The highest BCUT2D eigenvalue weighted by Gasteiger charge is 2.33. The van der Waals surface area contributed by atoms with Gasteiger partial charge in [0.05, 0.1) is 5.69 Å². The van der Waals surface area contributed by atoms with Crippen LogP contribution in [0.4, 0.5) is 10.5 Å². The normalized spacial score (nSPS) is 15.2. The molecule has 0 fully saturated rings. The zero-order chi connectivity index (χ0) is 17.3. The number of anilines is 1.